The van der Waals surface area contributed by atoms with E-state index in [2.05, 4.69) is 22.1 Å². The second kappa shape index (κ2) is 7.55. The molecule has 0 spiro atoms. The molecule has 0 amide bonds. The monoisotopic (exact) mass is 321 g/mol. The molecule has 0 unspecified atom stereocenters. The normalized spacial score (nSPS) is 11.9. The summed E-state index contributed by atoms with van der Waals surface area (Å²) in [5.74, 6) is 0.354. The highest BCUT2D eigenvalue weighted by Crippen LogP contribution is 2.23. The second-order valence-corrected chi connectivity index (χ2v) is 5.56. The number of aromatic nitrogens is 3. The number of ether oxygens (including phenoxy) is 1. The van der Waals surface area contributed by atoms with E-state index in [1.807, 2.05) is 36.0 Å². The van der Waals surface area contributed by atoms with Gasteiger partial charge in [0.05, 0.1) is 5.56 Å². The van der Waals surface area contributed by atoms with Gasteiger partial charge in [-0.25, -0.2) is 9.78 Å². The van der Waals surface area contributed by atoms with Crippen LogP contribution in [0.4, 0.5) is 0 Å². The summed E-state index contributed by atoms with van der Waals surface area (Å²) in [6, 6.07) is 13.6. The Kier molecular flexibility index (Phi) is 5.01. The zero-order valence-corrected chi connectivity index (χ0v) is 13.5. The predicted octanol–water partition coefficient (Wildman–Crippen LogP) is 3.35. The molecule has 0 aliphatic rings. The molecule has 0 bridgehead atoms. The van der Waals surface area contributed by atoms with Gasteiger partial charge in [-0.1, -0.05) is 30.3 Å². The number of pyridine rings is 1. The fourth-order valence-corrected chi connectivity index (χ4v) is 2.55. The zero-order valence-electron chi connectivity index (χ0n) is 13.5. The van der Waals surface area contributed by atoms with Crippen molar-refractivity contribution in [2.45, 2.75) is 18.9 Å². The Morgan fingerprint density at radius 3 is 2.67 bits per heavy atom. The van der Waals surface area contributed by atoms with Gasteiger partial charge in [0, 0.05) is 31.8 Å². The van der Waals surface area contributed by atoms with Gasteiger partial charge in [-0.15, -0.1) is 0 Å². The Morgan fingerprint density at radius 1 is 1.17 bits per heavy atom. The molecule has 0 fully saturated rings. The number of benzene rings is 1. The van der Waals surface area contributed by atoms with Crippen molar-refractivity contribution >= 4 is 5.97 Å². The minimum Gasteiger partial charge on any atom is -0.451 e. The van der Waals surface area contributed by atoms with E-state index in [9.17, 15) is 4.79 Å². The van der Waals surface area contributed by atoms with Gasteiger partial charge in [0.2, 0.25) is 0 Å². The second-order valence-electron chi connectivity index (χ2n) is 5.56. The molecule has 0 aliphatic heterocycles. The van der Waals surface area contributed by atoms with Crippen LogP contribution in [0.3, 0.4) is 0 Å². The van der Waals surface area contributed by atoms with Gasteiger partial charge in [-0.2, -0.15) is 0 Å². The third-order valence-electron chi connectivity index (χ3n) is 3.83. The van der Waals surface area contributed by atoms with Crippen LogP contribution in [0.25, 0.3) is 0 Å². The van der Waals surface area contributed by atoms with E-state index in [0.717, 1.165) is 12.2 Å². The molecule has 122 valence electrons. The summed E-state index contributed by atoms with van der Waals surface area (Å²) in [7, 11) is 1.90. The van der Waals surface area contributed by atoms with Gasteiger partial charge in [0.15, 0.2) is 6.10 Å². The van der Waals surface area contributed by atoms with E-state index >= 15 is 0 Å². The van der Waals surface area contributed by atoms with Crippen molar-refractivity contribution in [2.24, 2.45) is 7.05 Å². The van der Waals surface area contributed by atoms with Gasteiger partial charge in [0.1, 0.15) is 5.82 Å². The predicted molar refractivity (Wildman–Crippen MR) is 90.4 cm³/mol. The lowest BCUT2D eigenvalue weighted by atomic mass is 10.1. The first-order valence-corrected chi connectivity index (χ1v) is 7.86. The number of carbonyl (C=O) groups is 1. The molecule has 0 saturated heterocycles. The fraction of sp³-hybridized carbons (Fsp3) is 0.211. The number of carbonyl (C=O) groups excluding carboxylic acids is 1. The Bertz CT molecular complexity index is 785. The van der Waals surface area contributed by atoms with Crippen molar-refractivity contribution in [2.75, 3.05) is 0 Å². The first kappa shape index (κ1) is 15.9. The van der Waals surface area contributed by atoms with Crippen LogP contribution in [0.15, 0.2) is 67.3 Å². The van der Waals surface area contributed by atoms with Crippen molar-refractivity contribution in [3.63, 3.8) is 0 Å². The molecular weight excluding hydrogens is 302 g/mol. The van der Waals surface area contributed by atoms with Crippen LogP contribution in [-0.2, 0) is 18.2 Å². The Balaban J connectivity index is 1.75. The number of imidazole rings is 1. The van der Waals surface area contributed by atoms with Gasteiger partial charge in [-0.05, 0) is 30.5 Å². The molecule has 1 aromatic carbocycles. The largest absolute Gasteiger partial charge is 0.451 e. The average molecular weight is 321 g/mol. The lowest BCUT2D eigenvalue weighted by Crippen LogP contribution is -2.16. The van der Waals surface area contributed by atoms with Crippen molar-refractivity contribution in [3.05, 3.63) is 84.2 Å². The van der Waals surface area contributed by atoms with Crippen molar-refractivity contribution in [3.8, 4) is 0 Å². The van der Waals surface area contributed by atoms with E-state index in [-0.39, 0.29) is 5.97 Å². The quantitative estimate of drug-likeness (QED) is 0.653. The van der Waals surface area contributed by atoms with Crippen LogP contribution in [0.1, 0.15) is 34.3 Å². The van der Waals surface area contributed by atoms with E-state index in [1.165, 1.54) is 11.8 Å². The van der Waals surface area contributed by atoms with Gasteiger partial charge >= 0.3 is 5.97 Å². The molecule has 0 aliphatic carbocycles. The summed E-state index contributed by atoms with van der Waals surface area (Å²) in [6.45, 7) is 0. The molecule has 0 radical (unpaired) electrons. The summed E-state index contributed by atoms with van der Waals surface area (Å²) < 4.78 is 7.60. The first-order valence-electron chi connectivity index (χ1n) is 7.86. The molecule has 2 heterocycles. The Hall–Kier alpha value is -2.95. The summed E-state index contributed by atoms with van der Waals surface area (Å²) >= 11 is 0. The highest BCUT2D eigenvalue weighted by Gasteiger charge is 2.21. The topological polar surface area (TPSA) is 57.0 Å². The Labute approximate surface area is 141 Å². The highest BCUT2D eigenvalue weighted by molar-refractivity contribution is 5.89. The third kappa shape index (κ3) is 3.87. The van der Waals surface area contributed by atoms with Crippen LogP contribution in [0, 0.1) is 0 Å². The van der Waals surface area contributed by atoms with Crippen molar-refractivity contribution < 1.29 is 9.53 Å². The van der Waals surface area contributed by atoms with Crippen molar-refractivity contribution in [1.82, 2.24) is 14.5 Å². The van der Waals surface area contributed by atoms with E-state index < -0.39 is 6.10 Å². The lowest BCUT2D eigenvalue weighted by molar-refractivity contribution is 0.0249. The molecular formula is C19H19N3O2. The first-order chi connectivity index (χ1) is 11.7. The van der Waals surface area contributed by atoms with Crippen LogP contribution in [-0.4, -0.2) is 20.5 Å². The van der Waals surface area contributed by atoms with Gasteiger partial charge in [-0.3, -0.25) is 4.98 Å². The number of aryl methyl sites for hydroxylation is 2. The molecule has 0 N–H and O–H groups in total. The van der Waals surface area contributed by atoms with Gasteiger partial charge in [0.25, 0.3) is 0 Å². The maximum atomic E-state index is 12.4. The maximum absolute atomic E-state index is 12.4. The van der Waals surface area contributed by atoms with E-state index in [4.69, 9.17) is 4.74 Å². The van der Waals surface area contributed by atoms with Crippen LogP contribution < -0.4 is 0 Å². The highest BCUT2D eigenvalue weighted by atomic mass is 16.5. The van der Waals surface area contributed by atoms with Crippen LogP contribution in [0.2, 0.25) is 0 Å². The zero-order chi connectivity index (χ0) is 16.8. The molecule has 1 atom stereocenters. The van der Waals surface area contributed by atoms with E-state index in [0.29, 0.717) is 12.0 Å². The number of nitrogens with zero attached hydrogens (tertiary/aromatic N) is 3. The van der Waals surface area contributed by atoms with Crippen LogP contribution in [0.5, 0.6) is 0 Å². The molecule has 5 heteroatoms. The number of rotatable bonds is 6. The summed E-state index contributed by atoms with van der Waals surface area (Å²) in [4.78, 5) is 20.7. The number of hydrogen-bond donors (Lipinski definition) is 0. The molecule has 24 heavy (non-hydrogen) atoms. The number of esters is 1. The van der Waals surface area contributed by atoms with Crippen LogP contribution >= 0.6 is 0 Å². The molecule has 5 nitrogen and oxygen atoms in total. The lowest BCUT2D eigenvalue weighted by Gasteiger charge is -2.18. The standard InChI is InChI=1S/C19H19N3O2/c1-22-13-12-21-18(22)17(10-9-15-6-3-2-4-7-15)24-19(23)16-8-5-11-20-14-16/h2-8,11-14,17H,9-10H2,1H3/t17-/m1/s1. The molecule has 3 rings (SSSR count). The summed E-state index contributed by atoms with van der Waals surface area (Å²) in [5.41, 5.74) is 1.64. The SMILES string of the molecule is Cn1ccnc1[C@@H](CCc1ccccc1)OC(=O)c1cccnc1. The average Bonchev–Trinajstić information content (AvgIpc) is 3.06. The Morgan fingerprint density at radius 2 is 2.00 bits per heavy atom. The van der Waals surface area contributed by atoms with Gasteiger partial charge < -0.3 is 9.30 Å². The van der Waals surface area contributed by atoms with Crippen molar-refractivity contribution in [1.29, 1.82) is 0 Å². The fourth-order valence-electron chi connectivity index (χ4n) is 2.55. The maximum Gasteiger partial charge on any atom is 0.340 e. The molecule has 0 saturated carbocycles. The summed E-state index contributed by atoms with van der Waals surface area (Å²) in [5, 5.41) is 0. The minimum atomic E-state index is -0.405. The minimum absolute atomic E-state index is 0.385. The van der Waals surface area contributed by atoms with E-state index in [1.54, 1.807) is 24.5 Å². The summed E-state index contributed by atoms with van der Waals surface area (Å²) in [6.07, 6.45) is 7.76. The smallest absolute Gasteiger partial charge is 0.340 e. The molecule has 2 aromatic heterocycles. The molecule has 3 aromatic rings. The third-order valence-corrected chi connectivity index (χ3v) is 3.83. The number of hydrogen-bond acceptors (Lipinski definition) is 4.